The smallest absolute Gasteiger partial charge is 0.160 e. The Hall–Kier alpha value is -5.80. The van der Waals surface area contributed by atoms with Crippen molar-refractivity contribution in [1.29, 1.82) is 0 Å². The molecule has 3 heteroatoms. The molecule has 0 N–H and O–H groups in total. The molecule has 2 aromatic heterocycles. The zero-order chi connectivity index (χ0) is 32.9. The Morgan fingerprint density at radius 1 is 0.438 bits per heavy atom. The number of benzene rings is 6. The molecule has 2 heterocycles. The van der Waals surface area contributed by atoms with Crippen LogP contribution in [0.25, 0.3) is 72.5 Å². The van der Waals surface area contributed by atoms with E-state index >= 15 is 0 Å². The van der Waals surface area contributed by atoms with Gasteiger partial charge in [0.2, 0.25) is 0 Å². The van der Waals surface area contributed by atoms with Gasteiger partial charge in [-0.05, 0) is 104 Å². The van der Waals surface area contributed by atoms with Gasteiger partial charge in [-0.15, -0.1) is 0 Å². The van der Waals surface area contributed by atoms with E-state index in [1.165, 1.54) is 72.0 Å². The van der Waals surface area contributed by atoms with E-state index in [0.717, 1.165) is 28.3 Å². The SMILES string of the molecule is Cc1cc(-n2c3ccccc3c3ccccc32)c(C)cc1-c1cc(C)c(-c2cc(-c3ccccc3)nc(-c3ccccc3)n2)c(C)c1C. The summed E-state index contributed by atoms with van der Waals surface area (Å²) in [6.07, 6.45) is 0. The molecule has 232 valence electrons. The average molecular weight is 620 g/mol. The van der Waals surface area contributed by atoms with E-state index in [-0.39, 0.29) is 0 Å². The monoisotopic (exact) mass is 619 g/mol. The molecule has 3 nitrogen and oxygen atoms in total. The predicted octanol–water partition coefficient (Wildman–Crippen LogP) is 11.8. The second kappa shape index (κ2) is 11.8. The molecule has 0 bridgehead atoms. The molecule has 0 aliphatic carbocycles. The summed E-state index contributed by atoms with van der Waals surface area (Å²) in [7, 11) is 0. The maximum atomic E-state index is 5.17. The van der Waals surface area contributed by atoms with Crippen molar-refractivity contribution in [2.24, 2.45) is 0 Å². The summed E-state index contributed by atoms with van der Waals surface area (Å²) in [6, 6.07) is 47.3. The maximum Gasteiger partial charge on any atom is 0.160 e. The highest BCUT2D eigenvalue weighted by Crippen LogP contribution is 2.40. The van der Waals surface area contributed by atoms with Crippen LogP contribution in [0.3, 0.4) is 0 Å². The number of aromatic nitrogens is 3. The van der Waals surface area contributed by atoms with Gasteiger partial charge in [-0.25, -0.2) is 9.97 Å². The molecule has 0 aliphatic heterocycles. The van der Waals surface area contributed by atoms with Crippen molar-refractivity contribution >= 4 is 21.8 Å². The van der Waals surface area contributed by atoms with Crippen molar-refractivity contribution in [3.8, 4) is 50.7 Å². The van der Waals surface area contributed by atoms with Gasteiger partial charge in [0.25, 0.3) is 0 Å². The number of fused-ring (bicyclic) bond motifs is 3. The molecule has 0 radical (unpaired) electrons. The molecule has 48 heavy (non-hydrogen) atoms. The van der Waals surface area contributed by atoms with Crippen LogP contribution in [0.4, 0.5) is 0 Å². The van der Waals surface area contributed by atoms with E-state index in [4.69, 9.17) is 9.97 Å². The summed E-state index contributed by atoms with van der Waals surface area (Å²) in [5, 5.41) is 2.56. The summed E-state index contributed by atoms with van der Waals surface area (Å²) in [6.45, 7) is 11.2. The van der Waals surface area contributed by atoms with E-state index in [0.29, 0.717) is 0 Å². The fraction of sp³-hybridized carbons (Fsp3) is 0.111. The van der Waals surface area contributed by atoms with Crippen molar-refractivity contribution < 1.29 is 0 Å². The minimum absolute atomic E-state index is 0.736. The topological polar surface area (TPSA) is 30.7 Å². The summed E-state index contributed by atoms with van der Waals surface area (Å²) < 4.78 is 2.42. The molecule has 0 spiro atoms. The van der Waals surface area contributed by atoms with Gasteiger partial charge in [0.1, 0.15) is 0 Å². The van der Waals surface area contributed by atoms with Gasteiger partial charge in [0, 0.05) is 33.2 Å². The Bertz CT molecular complexity index is 2380. The van der Waals surface area contributed by atoms with E-state index in [9.17, 15) is 0 Å². The Kier molecular flexibility index (Phi) is 7.26. The number of para-hydroxylation sites is 2. The molecule has 0 saturated carbocycles. The van der Waals surface area contributed by atoms with Crippen LogP contribution in [-0.4, -0.2) is 14.5 Å². The largest absolute Gasteiger partial charge is 0.309 e. The predicted molar refractivity (Wildman–Crippen MR) is 202 cm³/mol. The fourth-order valence-corrected chi connectivity index (χ4v) is 7.32. The van der Waals surface area contributed by atoms with Gasteiger partial charge in [-0.1, -0.05) is 103 Å². The van der Waals surface area contributed by atoms with Crippen molar-refractivity contribution in [3.05, 3.63) is 161 Å². The molecule has 0 aliphatic rings. The number of hydrogen-bond acceptors (Lipinski definition) is 2. The van der Waals surface area contributed by atoms with Crippen molar-refractivity contribution in [2.45, 2.75) is 34.6 Å². The highest BCUT2D eigenvalue weighted by molar-refractivity contribution is 6.09. The first-order valence-electron chi connectivity index (χ1n) is 16.6. The van der Waals surface area contributed by atoms with Gasteiger partial charge < -0.3 is 4.57 Å². The van der Waals surface area contributed by atoms with Crippen molar-refractivity contribution in [2.75, 3.05) is 0 Å². The third-order valence-corrected chi connectivity index (χ3v) is 9.83. The Morgan fingerprint density at radius 2 is 0.979 bits per heavy atom. The first-order valence-corrected chi connectivity index (χ1v) is 16.6. The number of rotatable bonds is 5. The zero-order valence-corrected chi connectivity index (χ0v) is 28.0. The second-order valence-electron chi connectivity index (χ2n) is 12.9. The lowest BCUT2D eigenvalue weighted by molar-refractivity contribution is 1.14. The lowest BCUT2D eigenvalue weighted by Crippen LogP contribution is -2.02. The molecule has 8 rings (SSSR count). The van der Waals surface area contributed by atoms with E-state index < -0.39 is 0 Å². The standard InChI is InChI=1S/C45H37N3/c1-28-26-43(48-41-22-14-12-20-35(41)36-21-13-15-23-42(36)48)29(2)24-37(28)38-25-30(3)44(32(5)31(38)4)40-27-39(33-16-8-6-9-17-33)46-45(47-40)34-18-10-7-11-19-34/h6-27H,1-5H3. The Morgan fingerprint density at radius 3 is 1.62 bits per heavy atom. The van der Waals surface area contributed by atoms with Crippen molar-refractivity contribution in [3.63, 3.8) is 0 Å². The quantitative estimate of drug-likeness (QED) is 0.192. The van der Waals surface area contributed by atoms with Crippen LogP contribution in [0.1, 0.15) is 27.8 Å². The van der Waals surface area contributed by atoms with Gasteiger partial charge in [0.05, 0.1) is 22.4 Å². The molecule has 6 aromatic carbocycles. The molecule has 0 amide bonds. The third kappa shape index (κ3) is 4.91. The Balaban J connectivity index is 1.27. The number of aryl methyl sites for hydroxylation is 3. The van der Waals surface area contributed by atoms with E-state index in [1.54, 1.807) is 0 Å². The van der Waals surface area contributed by atoms with Crippen LogP contribution < -0.4 is 0 Å². The van der Waals surface area contributed by atoms with Gasteiger partial charge in [-0.3, -0.25) is 0 Å². The summed E-state index contributed by atoms with van der Waals surface area (Å²) in [4.78, 5) is 10.2. The lowest BCUT2D eigenvalue weighted by atomic mass is 9.86. The van der Waals surface area contributed by atoms with Crippen LogP contribution >= 0.6 is 0 Å². The Labute approximate surface area is 282 Å². The first kappa shape index (κ1) is 29.6. The van der Waals surface area contributed by atoms with Gasteiger partial charge in [-0.2, -0.15) is 0 Å². The molecule has 0 saturated heterocycles. The van der Waals surface area contributed by atoms with E-state index in [2.05, 4.69) is 148 Å². The zero-order valence-electron chi connectivity index (χ0n) is 28.0. The summed E-state index contributed by atoms with van der Waals surface area (Å²) in [5.41, 5.74) is 17.6. The van der Waals surface area contributed by atoms with Gasteiger partial charge >= 0.3 is 0 Å². The van der Waals surface area contributed by atoms with Crippen LogP contribution in [-0.2, 0) is 0 Å². The normalized spacial score (nSPS) is 11.4. The average Bonchev–Trinajstić information content (AvgIpc) is 3.45. The molecule has 0 unspecified atom stereocenters. The maximum absolute atomic E-state index is 5.17. The first-order chi connectivity index (χ1) is 23.4. The highest BCUT2D eigenvalue weighted by Gasteiger charge is 2.20. The van der Waals surface area contributed by atoms with Crippen LogP contribution in [0.5, 0.6) is 0 Å². The summed E-state index contributed by atoms with van der Waals surface area (Å²) >= 11 is 0. The molecule has 0 fully saturated rings. The fourth-order valence-electron chi connectivity index (χ4n) is 7.32. The summed E-state index contributed by atoms with van der Waals surface area (Å²) in [5.74, 6) is 0.736. The minimum atomic E-state index is 0.736. The lowest BCUT2D eigenvalue weighted by Gasteiger charge is -2.21. The molecule has 8 aromatic rings. The molecular formula is C45H37N3. The molecular weight excluding hydrogens is 583 g/mol. The van der Waals surface area contributed by atoms with Crippen LogP contribution in [0, 0.1) is 34.6 Å². The third-order valence-electron chi connectivity index (χ3n) is 9.83. The van der Waals surface area contributed by atoms with Gasteiger partial charge in [0.15, 0.2) is 5.82 Å². The minimum Gasteiger partial charge on any atom is -0.309 e. The molecule has 0 atom stereocenters. The number of nitrogens with zero attached hydrogens (tertiary/aromatic N) is 3. The number of hydrogen-bond donors (Lipinski definition) is 0. The van der Waals surface area contributed by atoms with Crippen LogP contribution in [0.2, 0.25) is 0 Å². The van der Waals surface area contributed by atoms with Crippen molar-refractivity contribution in [1.82, 2.24) is 14.5 Å². The second-order valence-corrected chi connectivity index (χ2v) is 12.9. The highest BCUT2D eigenvalue weighted by atomic mass is 15.0. The van der Waals surface area contributed by atoms with E-state index in [1.807, 2.05) is 24.3 Å². The van der Waals surface area contributed by atoms with Crippen LogP contribution in [0.15, 0.2) is 133 Å².